The number of ether oxygens (including phenoxy) is 2. The third-order valence-corrected chi connectivity index (χ3v) is 3.95. The SMILES string of the molecule is CCOC(=O)C(CC1CC1)CN(C)C(=O)OCc1ccccc1. The van der Waals surface area contributed by atoms with Crippen LogP contribution in [0, 0.1) is 11.8 Å². The van der Waals surface area contributed by atoms with E-state index >= 15 is 0 Å². The highest BCUT2D eigenvalue weighted by atomic mass is 16.6. The molecule has 0 heterocycles. The Kier molecular flexibility index (Phi) is 6.44. The normalized spacial score (nSPS) is 14.9. The van der Waals surface area contributed by atoms with Crippen LogP contribution >= 0.6 is 0 Å². The quantitative estimate of drug-likeness (QED) is 0.690. The van der Waals surface area contributed by atoms with Crippen molar-refractivity contribution in [2.45, 2.75) is 32.8 Å². The first-order valence-electron chi connectivity index (χ1n) is 8.18. The van der Waals surface area contributed by atoms with Gasteiger partial charge >= 0.3 is 12.1 Å². The lowest BCUT2D eigenvalue weighted by Gasteiger charge is -2.22. The Morgan fingerprint density at radius 1 is 1.22 bits per heavy atom. The maximum absolute atomic E-state index is 12.1. The van der Waals surface area contributed by atoms with Gasteiger partial charge in [0.1, 0.15) is 6.61 Å². The summed E-state index contributed by atoms with van der Waals surface area (Å²) in [5.74, 6) is 0.108. The molecule has 5 nitrogen and oxygen atoms in total. The van der Waals surface area contributed by atoms with E-state index in [1.165, 1.54) is 4.90 Å². The van der Waals surface area contributed by atoms with Crippen molar-refractivity contribution < 1.29 is 19.1 Å². The molecule has 23 heavy (non-hydrogen) atoms. The van der Waals surface area contributed by atoms with Crippen molar-refractivity contribution in [3.05, 3.63) is 35.9 Å². The minimum absolute atomic E-state index is 0.220. The fraction of sp³-hybridized carbons (Fsp3) is 0.556. The summed E-state index contributed by atoms with van der Waals surface area (Å²) in [5, 5.41) is 0. The highest BCUT2D eigenvalue weighted by molar-refractivity contribution is 5.74. The number of hydrogen-bond acceptors (Lipinski definition) is 4. The molecular weight excluding hydrogens is 294 g/mol. The smallest absolute Gasteiger partial charge is 0.409 e. The van der Waals surface area contributed by atoms with Crippen molar-refractivity contribution in [3.63, 3.8) is 0 Å². The van der Waals surface area contributed by atoms with Crippen LogP contribution in [-0.4, -0.2) is 37.2 Å². The summed E-state index contributed by atoms with van der Waals surface area (Å²) in [6, 6.07) is 9.53. The number of amides is 1. The molecule has 1 atom stereocenters. The lowest BCUT2D eigenvalue weighted by atomic mass is 10.0. The molecule has 1 saturated carbocycles. The van der Waals surface area contributed by atoms with Gasteiger partial charge in [-0.2, -0.15) is 0 Å². The minimum atomic E-state index is -0.418. The summed E-state index contributed by atoms with van der Waals surface area (Å²) in [7, 11) is 1.66. The zero-order valence-corrected chi connectivity index (χ0v) is 13.9. The summed E-state index contributed by atoms with van der Waals surface area (Å²) in [6.45, 7) is 2.73. The van der Waals surface area contributed by atoms with E-state index < -0.39 is 6.09 Å². The largest absolute Gasteiger partial charge is 0.466 e. The van der Waals surface area contributed by atoms with Gasteiger partial charge in [0.15, 0.2) is 0 Å². The third kappa shape index (κ3) is 5.93. The van der Waals surface area contributed by atoms with Crippen LogP contribution < -0.4 is 0 Å². The van der Waals surface area contributed by atoms with Gasteiger partial charge in [-0.25, -0.2) is 4.79 Å². The van der Waals surface area contributed by atoms with Crippen molar-refractivity contribution in [3.8, 4) is 0 Å². The number of nitrogens with zero attached hydrogens (tertiary/aromatic N) is 1. The molecule has 0 bridgehead atoms. The molecular formula is C18H25NO4. The first kappa shape index (κ1) is 17.3. The van der Waals surface area contributed by atoms with Gasteiger partial charge in [-0.05, 0) is 24.8 Å². The van der Waals surface area contributed by atoms with Gasteiger partial charge in [-0.3, -0.25) is 4.79 Å². The van der Waals surface area contributed by atoms with Gasteiger partial charge in [-0.15, -0.1) is 0 Å². The zero-order chi connectivity index (χ0) is 16.7. The van der Waals surface area contributed by atoms with E-state index in [0.717, 1.165) is 24.8 Å². The molecule has 1 aromatic rings. The Morgan fingerprint density at radius 2 is 1.91 bits per heavy atom. The predicted octanol–water partition coefficient (Wildman–Crippen LogP) is 3.23. The molecule has 1 unspecified atom stereocenters. The Morgan fingerprint density at radius 3 is 2.52 bits per heavy atom. The van der Waals surface area contributed by atoms with Gasteiger partial charge < -0.3 is 14.4 Å². The molecule has 5 heteroatoms. The van der Waals surface area contributed by atoms with E-state index in [1.807, 2.05) is 30.3 Å². The Balaban J connectivity index is 1.82. The molecule has 0 spiro atoms. The number of benzene rings is 1. The highest BCUT2D eigenvalue weighted by Crippen LogP contribution is 2.35. The van der Waals surface area contributed by atoms with E-state index in [9.17, 15) is 9.59 Å². The second-order valence-electron chi connectivity index (χ2n) is 6.05. The first-order chi connectivity index (χ1) is 11.1. The van der Waals surface area contributed by atoms with Crippen LogP contribution in [0.15, 0.2) is 30.3 Å². The lowest BCUT2D eigenvalue weighted by molar-refractivity contribution is -0.148. The molecule has 1 aliphatic carbocycles. The van der Waals surface area contributed by atoms with Crippen LogP contribution in [0.3, 0.4) is 0 Å². The number of carbonyl (C=O) groups excluding carboxylic acids is 2. The van der Waals surface area contributed by atoms with Crippen LogP contribution in [0.2, 0.25) is 0 Å². The number of rotatable bonds is 8. The van der Waals surface area contributed by atoms with Crippen LogP contribution in [0.25, 0.3) is 0 Å². The Hall–Kier alpha value is -2.04. The molecule has 0 saturated heterocycles. The molecule has 1 fully saturated rings. The molecule has 2 rings (SSSR count). The van der Waals surface area contributed by atoms with Gasteiger partial charge in [0, 0.05) is 13.6 Å². The standard InChI is InChI=1S/C18H25NO4/c1-3-22-17(20)16(11-14-9-10-14)12-19(2)18(21)23-13-15-7-5-4-6-8-15/h4-8,14,16H,3,9-13H2,1-2H3. The van der Waals surface area contributed by atoms with Gasteiger partial charge in [-0.1, -0.05) is 43.2 Å². The maximum atomic E-state index is 12.1. The molecule has 0 aliphatic heterocycles. The molecule has 126 valence electrons. The fourth-order valence-corrected chi connectivity index (χ4v) is 2.50. The van der Waals surface area contributed by atoms with E-state index in [0.29, 0.717) is 19.1 Å². The molecule has 0 radical (unpaired) electrons. The van der Waals surface area contributed by atoms with Crippen molar-refractivity contribution in [1.82, 2.24) is 4.90 Å². The summed E-state index contributed by atoms with van der Waals surface area (Å²) in [5.41, 5.74) is 0.939. The number of esters is 1. The molecule has 0 N–H and O–H groups in total. The van der Waals surface area contributed by atoms with Gasteiger partial charge in [0.05, 0.1) is 12.5 Å². The maximum Gasteiger partial charge on any atom is 0.409 e. The van der Waals surface area contributed by atoms with E-state index in [1.54, 1.807) is 14.0 Å². The second-order valence-corrected chi connectivity index (χ2v) is 6.05. The van der Waals surface area contributed by atoms with E-state index in [-0.39, 0.29) is 18.5 Å². The average Bonchev–Trinajstić information content (AvgIpc) is 3.37. The summed E-state index contributed by atoms with van der Waals surface area (Å²) >= 11 is 0. The van der Waals surface area contributed by atoms with Crippen molar-refractivity contribution >= 4 is 12.1 Å². The Labute approximate surface area is 137 Å². The topological polar surface area (TPSA) is 55.8 Å². The average molecular weight is 319 g/mol. The summed E-state index contributed by atoms with van der Waals surface area (Å²) < 4.78 is 10.4. The van der Waals surface area contributed by atoms with Crippen LogP contribution in [0.5, 0.6) is 0 Å². The zero-order valence-electron chi connectivity index (χ0n) is 13.9. The summed E-state index contributed by atoms with van der Waals surface area (Å²) in [6.07, 6.45) is 2.70. The molecule has 1 aliphatic rings. The summed E-state index contributed by atoms with van der Waals surface area (Å²) in [4.78, 5) is 25.6. The van der Waals surface area contributed by atoms with Crippen LogP contribution in [0.1, 0.15) is 31.7 Å². The number of carbonyl (C=O) groups is 2. The molecule has 0 aromatic heterocycles. The number of hydrogen-bond donors (Lipinski definition) is 0. The molecule has 1 aromatic carbocycles. The lowest BCUT2D eigenvalue weighted by Crippen LogP contribution is -2.36. The van der Waals surface area contributed by atoms with Crippen LogP contribution in [-0.2, 0) is 20.9 Å². The van der Waals surface area contributed by atoms with Crippen molar-refractivity contribution in [2.24, 2.45) is 11.8 Å². The van der Waals surface area contributed by atoms with E-state index in [2.05, 4.69) is 0 Å². The first-order valence-corrected chi connectivity index (χ1v) is 8.18. The fourth-order valence-electron chi connectivity index (χ4n) is 2.50. The Bertz CT molecular complexity index is 513. The third-order valence-electron chi connectivity index (χ3n) is 3.95. The van der Waals surface area contributed by atoms with Crippen molar-refractivity contribution in [1.29, 1.82) is 0 Å². The predicted molar refractivity (Wildman–Crippen MR) is 86.7 cm³/mol. The van der Waals surface area contributed by atoms with Crippen LogP contribution in [0.4, 0.5) is 4.79 Å². The molecule has 1 amide bonds. The van der Waals surface area contributed by atoms with Gasteiger partial charge in [0.2, 0.25) is 0 Å². The van der Waals surface area contributed by atoms with Gasteiger partial charge in [0.25, 0.3) is 0 Å². The monoisotopic (exact) mass is 319 g/mol. The minimum Gasteiger partial charge on any atom is -0.466 e. The van der Waals surface area contributed by atoms with Crippen molar-refractivity contribution in [2.75, 3.05) is 20.2 Å². The van der Waals surface area contributed by atoms with E-state index in [4.69, 9.17) is 9.47 Å². The second kappa shape index (κ2) is 8.56. The highest BCUT2D eigenvalue weighted by Gasteiger charge is 2.31.